The van der Waals surface area contributed by atoms with Crippen LogP contribution in [0, 0.1) is 0 Å². The van der Waals surface area contributed by atoms with Crippen molar-refractivity contribution < 1.29 is 9.59 Å². The second-order valence-electron chi connectivity index (χ2n) is 3.86. The highest BCUT2D eigenvalue weighted by atomic mass is 35.5. The monoisotopic (exact) mass is 305 g/mol. The van der Waals surface area contributed by atoms with Gasteiger partial charge in [0.05, 0.1) is 0 Å². The van der Waals surface area contributed by atoms with E-state index in [9.17, 15) is 9.59 Å². The number of amides is 2. The fourth-order valence-corrected chi connectivity index (χ4v) is 2.00. The van der Waals surface area contributed by atoms with Crippen molar-refractivity contribution in [1.29, 1.82) is 0 Å². The molecule has 1 aromatic rings. The van der Waals surface area contributed by atoms with Crippen LogP contribution in [0.5, 0.6) is 0 Å². The lowest BCUT2D eigenvalue weighted by atomic mass is 10.2. The molecule has 1 aromatic heterocycles. The predicted molar refractivity (Wildman–Crippen MR) is 79.8 cm³/mol. The molecule has 7 heteroatoms. The van der Waals surface area contributed by atoms with Crippen molar-refractivity contribution in [3.05, 3.63) is 22.4 Å². The molecular formula is C12H20ClN3O2S. The third-order valence-electron chi connectivity index (χ3n) is 2.35. The van der Waals surface area contributed by atoms with E-state index in [2.05, 4.69) is 10.6 Å². The van der Waals surface area contributed by atoms with Crippen LogP contribution >= 0.6 is 23.7 Å². The molecule has 0 aliphatic heterocycles. The molecule has 0 saturated carbocycles. The molecule has 4 N–H and O–H groups in total. The Morgan fingerprint density at radius 2 is 1.95 bits per heavy atom. The van der Waals surface area contributed by atoms with Gasteiger partial charge >= 0.3 is 0 Å². The molecule has 2 amide bonds. The molecule has 1 heterocycles. The molecule has 0 fully saturated rings. The summed E-state index contributed by atoms with van der Waals surface area (Å²) >= 11 is 1.49. The Kier molecular flexibility index (Phi) is 10.1. The minimum absolute atomic E-state index is 0. The molecule has 19 heavy (non-hydrogen) atoms. The van der Waals surface area contributed by atoms with Gasteiger partial charge in [-0.3, -0.25) is 9.59 Å². The van der Waals surface area contributed by atoms with E-state index in [4.69, 9.17) is 5.73 Å². The first-order valence-electron chi connectivity index (χ1n) is 6.01. The molecule has 0 radical (unpaired) electrons. The lowest BCUT2D eigenvalue weighted by Crippen LogP contribution is -2.28. The molecule has 0 unspecified atom stereocenters. The van der Waals surface area contributed by atoms with Gasteiger partial charge in [-0.2, -0.15) is 11.3 Å². The van der Waals surface area contributed by atoms with E-state index >= 15 is 0 Å². The first-order chi connectivity index (χ1) is 8.74. The molecule has 0 aromatic carbocycles. The molecular weight excluding hydrogens is 286 g/mol. The predicted octanol–water partition coefficient (Wildman–Crippen LogP) is 1.14. The van der Waals surface area contributed by atoms with Gasteiger partial charge in [-0.15, -0.1) is 12.4 Å². The Hall–Kier alpha value is -1.11. The normalized spacial score (nSPS) is 9.53. The van der Waals surface area contributed by atoms with Gasteiger partial charge in [0, 0.05) is 30.5 Å². The number of nitrogens with two attached hydrogens (primary N) is 1. The Morgan fingerprint density at radius 3 is 2.58 bits per heavy atom. The zero-order chi connectivity index (χ0) is 13.2. The van der Waals surface area contributed by atoms with E-state index < -0.39 is 0 Å². The summed E-state index contributed by atoms with van der Waals surface area (Å²) in [5.41, 5.74) is 5.99. The SMILES string of the molecule is Cl.NCCCNC(=O)CCCNC(=O)c1ccsc1. The zero-order valence-electron chi connectivity index (χ0n) is 10.7. The van der Waals surface area contributed by atoms with E-state index in [-0.39, 0.29) is 24.2 Å². The first kappa shape index (κ1) is 17.9. The Balaban J connectivity index is 0.00000324. The molecule has 0 bridgehead atoms. The molecule has 5 nitrogen and oxygen atoms in total. The average Bonchev–Trinajstić information content (AvgIpc) is 2.88. The fraction of sp³-hybridized carbons (Fsp3) is 0.500. The van der Waals surface area contributed by atoms with Gasteiger partial charge in [-0.1, -0.05) is 0 Å². The molecule has 1 rings (SSSR count). The summed E-state index contributed by atoms with van der Waals surface area (Å²) in [5.74, 6) is -0.0759. The minimum atomic E-state index is -0.0835. The Bertz CT molecular complexity index is 371. The smallest absolute Gasteiger partial charge is 0.252 e. The largest absolute Gasteiger partial charge is 0.356 e. The lowest BCUT2D eigenvalue weighted by molar-refractivity contribution is -0.121. The van der Waals surface area contributed by atoms with Crippen LogP contribution in [0.4, 0.5) is 0 Å². The maximum Gasteiger partial charge on any atom is 0.252 e. The number of rotatable bonds is 8. The van der Waals surface area contributed by atoms with Gasteiger partial charge in [-0.05, 0) is 30.8 Å². The summed E-state index contributed by atoms with van der Waals surface area (Å²) in [4.78, 5) is 22.9. The first-order valence-corrected chi connectivity index (χ1v) is 6.95. The fourth-order valence-electron chi connectivity index (χ4n) is 1.36. The van der Waals surface area contributed by atoms with Crippen LogP contribution in [-0.4, -0.2) is 31.4 Å². The van der Waals surface area contributed by atoms with Crippen molar-refractivity contribution in [2.24, 2.45) is 5.73 Å². The highest BCUT2D eigenvalue weighted by Crippen LogP contribution is 2.05. The summed E-state index contributed by atoms with van der Waals surface area (Å²) in [6, 6.07) is 1.78. The van der Waals surface area contributed by atoms with Crippen molar-refractivity contribution in [2.75, 3.05) is 19.6 Å². The van der Waals surface area contributed by atoms with Crippen LogP contribution in [0.25, 0.3) is 0 Å². The van der Waals surface area contributed by atoms with Crippen molar-refractivity contribution in [3.63, 3.8) is 0 Å². The van der Waals surface area contributed by atoms with E-state index in [0.717, 1.165) is 6.42 Å². The average molecular weight is 306 g/mol. The second-order valence-corrected chi connectivity index (χ2v) is 4.64. The van der Waals surface area contributed by atoms with Crippen molar-refractivity contribution in [1.82, 2.24) is 10.6 Å². The molecule has 0 saturated heterocycles. The number of halogens is 1. The number of nitrogens with one attached hydrogen (secondary N) is 2. The van der Waals surface area contributed by atoms with Gasteiger partial charge in [0.15, 0.2) is 0 Å². The number of thiophene rings is 1. The zero-order valence-corrected chi connectivity index (χ0v) is 12.3. The number of hydrogen-bond acceptors (Lipinski definition) is 4. The van der Waals surface area contributed by atoms with Crippen LogP contribution in [0.3, 0.4) is 0 Å². The minimum Gasteiger partial charge on any atom is -0.356 e. The van der Waals surface area contributed by atoms with Crippen molar-refractivity contribution in [2.45, 2.75) is 19.3 Å². The van der Waals surface area contributed by atoms with Crippen LogP contribution < -0.4 is 16.4 Å². The van der Waals surface area contributed by atoms with E-state index in [0.29, 0.717) is 38.0 Å². The van der Waals surface area contributed by atoms with Gasteiger partial charge in [0.2, 0.25) is 5.91 Å². The maximum absolute atomic E-state index is 11.5. The van der Waals surface area contributed by atoms with Crippen LogP contribution in [0.15, 0.2) is 16.8 Å². The van der Waals surface area contributed by atoms with Gasteiger partial charge in [0.1, 0.15) is 0 Å². The standard InChI is InChI=1S/C12H19N3O2S.ClH/c13-5-2-7-14-11(16)3-1-6-15-12(17)10-4-8-18-9-10;/h4,8-9H,1-3,5-7,13H2,(H,14,16)(H,15,17);1H. The third-order valence-corrected chi connectivity index (χ3v) is 3.04. The summed E-state index contributed by atoms with van der Waals surface area (Å²) in [6.07, 6.45) is 1.86. The molecule has 0 atom stereocenters. The quantitative estimate of drug-likeness (QED) is 0.630. The molecule has 0 aliphatic carbocycles. The summed E-state index contributed by atoms with van der Waals surface area (Å²) < 4.78 is 0. The Labute approximate surface area is 123 Å². The highest BCUT2D eigenvalue weighted by Gasteiger charge is 2.05. The number of carbonyl (C=O) groups is 2. The van der Waals surface area contributed by atoms with Crippen molar-refractivity contribution >= 4 is 35.6 Å². The van der Waals surface area contributed by atoms with E-state index in [1.807, 2.05) is 5.38 Å². The van der Waals surface area contributed by atoms with Crippen LogP contribution in [-0.2, 0) is 4.79 Å². The molecule has 0 aliphatic rings. The van der Waals surface area contributed by atoms with E-state index in [1.54, 1.807) is 11.4 Å². The van der Waals surface area contributed by atoms with Gasteiger partial charge in [-0.25, -0.2) is 0 Å². The highest BCUT2D eigenvalue weighted by molar-refractivity contribution is 7.08. The molecule has 0 spiro atoms. The number of hydrogen-bond donors (Lipinski definition) is 3. The second kappa shape index (κ2) is 10.8. The Morgan fingerprint density at radius 1 is 1.21 bits per heavy atom. The van der Waals surface area contributed by atoms with Crippen LogP contribution in [0.1, 0.15) is 29.6 Å². The van der Waals surface area contributed by atoms with Gasteiger partial charge in [0.25, 0.3) is 5.91 Å². The number of carbonyl (C=O) groups excluding carboxylic acids is 2. The topological polar surface area (TPSA) is 84.2 Å². The van der Waals surface area contributed by atoms with Crippen LogP contribution in [0.2, 0.25) is 0 Å². The van der Waals surface area contributed by atoms with Crippen molar-refractivity contribution in [3.8, 4) is 0 Å². The van der Waals surface area contributed by atoms with Gasteiger partial charge < -0.3 is 16.4 Å². The third kappa shape index (κ3) is 7.81. The molecule has 108 valence electrons. The summed E-state index contributed by atoms with van der Waals surface area (Å²) in [5, 5.41) is 9.21. The van der Waals surface area contributed by atoms with E-state index in [1.165, 1.54) is 11.3 Å². The summed E-state index contributed by atoms with van der Waals surface area (Å²) in [6.45, 7) is 1.71. The maximum atomic E-state index is 11.5. The summed E-state index contributed by atoms with van der Waals surface area (Å²) in [7, 11) is 0. The lowest BCUT2D eigenvalue weighted by Gasteiger charge is -2.05.